The van der Waals surface area contributed by atoms with Gasteiger partial charge in [-0.1, -0.05) is 6.07 Å². The van der Waals surface area contributed by atoms with Gasteiger partial charge < -0.3 is 10.6 Å². The summed E-state index contributed by atoms with van der Waals surface area (Å²) in [6.07, 6.45) is 1.50. The van der Waals surface area contributed by atoms with Crippen LogP contribution >= 0.6 is 0 Å². The molecule has 104 valence electrons. The molecule has 0 saturated carbocycles. The summed E-state index contributed by atoms with van der Waals surface area (Å²) in [4.78, 5) is 15.4. The number of halogens is 2. The van der Waals surface area contributed by atoms with Gasteiger partial charge >= 0.3 is 0 Å². The van der Waals surface area contributed by atoms with Crippen molar-refractivity contribution in [2.75, 3.05) is 12.4 Å². The molecule has 0 unspecified atom stereocenters. The average Bonchev–Trinajstić information content (AvgIpc) is 2.48. The van der Waals surface area contributed by atoms with Crippen molar-refractivity contribution in [3.63, 3.8) is 0 Å². The fourth-order valence-corrected chi connectivity index (χ4v) is 1.65. The van der Waals surface area contributed by atoms with Crippen LogP contribution in [0.15, 0.2) is 36.5 Å². The summed E-state index contributed by atoms with van der Waals surface area (Å²) in [7, 11) is 1.52. The van der Waals surface area contributed by atoms with Crippen LogP contribution in [0.4, 0.5) is 14.5 Å². The fourth-order valence-electron chi connectivity index (χ4n) is 1.65. The predicted molar refractivity (Wildman–Crippen MR) is 71.3 cm³/mol. The van der Waals surface area contributed by atoms with Gasteiger partial charge in [-0.05, 0) is 29.8 Å². The maximum Gasteiger partial charge on any atom is 0.269 e. The summed E-state index contributed by atoms with van der Waals surface area (Å²) in [6.45, 7) is 0.314. The molecule has 4 nitrogen and oxygen atoms in total. The third-order valence-corrected chi connectivity index (χ3v) is 2.70. The Morgan fingerprint density at radius 3 is 2.70 bits per heavy atom. The maximum absolute atomic E-state index is 13.1. The summed E-state index contributed by atoms with van der Waals surface area (Å²) in [5, 5.41) is 5.49. The van der Waals surface area contributed by atoms with Crippen LogP contribution in [0.5, 0.6) is 0 Å². The van der Waals surface area contributed by atoms with E-state index in [2.05, 4.69) is 15.6 Å². The zero-order valence-corrected chi connectivity index (χ0v) is 10.8. The molecule has 0 saturated heterocycles. The lowest BCUT2D eigenvalue weighted by atomic mass is 10.2. The lowest BCUT2D eigenvalue weighted by molar-refractivity contribution is 0.0958. The molecule has 1 aromatic carbocycles. The van der Waals surface area contributed by atoms with Crippen LogP contribution in [0.25, 0.3) is 0 Å². The minimum atomic E-state index is -0.884. The molecule has 2 N–H and O–H groups in total. The molecule has 0 bridgehead atoms. The van der Waals surface area contributed by atoms with Gasteiger partial charge in [0.15, 0.2) is 11.6 Å². The number of pyridine rings is 1. The second-order valence-corrected chi connectivity index (χ2v) is 4.11. The van der Waals surface area contributed by atoms with E-state index in [9.17, 15) is 13.6 Å². The molecular formula is C14H13F2N3O. The van der Waals surface area contributed by atoms with Gasteiger partial charge in [-0.25, -0.2) is 8.78 Å². The van der Waals surface area contributed by atoms with Gasteiger partial charge in [-0.3, -0.25) is 9.78 Å². The Morgan fingerprint density at radius 2 is 2.00 bits per heavy atom. The summed E-state index contributed by atoms with van der Waals surface area (Å²) >= 11 is 0. The van der Waals surface area contributed by atoms with Crippen LogP contribution in [0.1, 0.15) is 16.1 Å². The third-order valence-electron chi connectivity index (χ3n) is 2.70. The lowest BCUT2D eigenvalue weighted by Gasteiger charge is -2.08. The average molecular weight is 277 g/mol. The van der Waals surface area contributed by atoms with Gasteiger partial charge in [-0.15, -0.1) is 0 Å². The van der Waals surface area contributed by atoms with Gasteiger partial charge in [0.2, 0.25) is 0 Å². The second kappa shape index (κ2) is 6.10. The van der Waals surface area contributed by atoms with E-state index in [1.54, 1.807) is 12.1 Å². The van der Waals surface area contributed by atoms with Gasteiger partial charge in [0.25, 0.3) is 5.91 Å². The first-order valence-corrected chi connectivity index (χ1v) is 5.96. The van der Waals surface area contributed by atoms with Gasteiger partial charge in [-0.2, -0.15) is 0 Å². The molecule has 0 fully saturated rings. The van der Waals surface area contributed by atoms with E-state index >= 15 is 0 Å². The Morgan fingerprint density at radius 1 is 1.20 bits per heavy atom. The summed E-state index contributed by atoms with van der Waals surface area (Å²) in [6, 6.07) is 6.97. The van der Waals surface area contributed by atoms with Crippen LogP contribution < -0.4 is 10.6 Å². The number of anilines is 1. The van der Waals surface area contributed by atoms with Crippen LogP contribution in [-0.4, -0.2) is 17.9 Å². The summed E-state index contributed by atoms with van der Waals surface area (Å²) < 4.78 is 25.8. The van der Waals surface area contributed by atoms with Crippen molar-refractivity contribution >= 4 is 11.6 Å². The number of hydrogen-bond acceptors (Lipinski definition) is 3. The number of carbonyl (C=O) groups is 1. The van der Waals surface area contributed by atoms with Crippen LogP contribution in [0.3, 0.4) is 0 Å². The number of carbonyl (C=O) groups excluding carboxylic acids is 1. The monoisotopic (exact) mass is 277 g/mol. The number of amides is 1. The lowest BCUT2D eigenvalue weighted by Crippen LogP contribution is -2.19. The molecule has 0 spiro atoms. The van der Waals surface area contributed by atoms with E-state index < -0.39 is 11.6 Å². The molecule has 0 aliphatic carbocycles. The molecule has 20 heavy (non-hydrogen) atoms. The van der Waals surface area contributed by atoms with Crippen molar-refractivity contribution in [2.24, 2.45) is 0 Å². The van der Waals surface area contributed by atoms with Gasteiger partial charge in [0.05, 0.1) is 0 Å². The van der Waals surface area contributed by atoms with E-state index in [1.807, 2.05) is 0 Å². The molecular weight excluding hydrogens is 264 g/mol. The standard InChI is InChI=1S/C14H13F2N3O/c1-17-14(20)13-7-10(4-5-18-13)19-8-9-2-3-11(15)12(16)6-9/h2-7H,8H2,1H3,(H,17,20)(H,18,19). The van der Waals surface area contributed by atoms with Crippen molar-refractivity contribution in [1.29, 1.82) is 0 Å². The Balaban J connectivity index is 2.07. The Kier molecular flexibility index (Phi) is 4.24. The molecule has 0 aliphatic rings. The van der Waals surface area contributed by atoms with E-state index in [0.29, 0.717) is 17.8 Å². The molecule has 2 rings (SSSR count). The maximum atomic E-state index is 13.1. The zero-order chi connectivity index (χ0) is 14.5. The predicted octanol–water partition coefficient (Wildman–Crippen LogP) is 2.33. The van der Waals surface area contributed by atoms with E-state index in [-0.39, 0.29) is 11.6 Å². The first-order chi connectivity index (χ1) is 9.60. The van der Waals surface area contributed by atoms with Crippen LogP contribution in [-0.2, 0) is 6.54 Å². The second-order valence-electron chi connectivity index (χ2n) is 4.11. The minimum absolute atomic E-state index is 0.280. The van der Waals surface area contributed by atoms with Gasteiger partial charge in [0.1, 0.15) is 5.69 Å². The van der Waals surface area contributed by atoms with Crippen LogP contribution in [0, 0.1) is 11.6 Å². The summed E-state index contributed by atoms with van der Waals surface area (Å²) in [5.74, 6) is -2.05. The molecule has 1 aromatic heterocycles. The topological polar surface area (TPSA) is 54.0 Å². The third kappa shape index (κ3) is 3.28. The van der Waals surface area contributed by atoms with E-state index in [0.717, 1.165) is 12.1 Å². The number of nitrogens with zero attached hydrogens (tertiary/aromatic N) is 1. The Hall–Kier alpha value is -2.50. The molecule has 0 aliphatic heterocycles. The first-order valence-electron chi connectivity index (χ1n) is 5.96. The van der Waals surface area contributed by atoms with E-state index in [1.165, 1.54) is 19.3 Å². The number of rotatable bonds is 4. The highest BCUT2D eigenvalue weighted by atomic mass is 19.2. The highest BCUT2D eigenvalue weighted by Gasteiger charge is 2.06. The highest BCUT2D eigenvalue weighted by Crippen LogP contribution is 2.12. The van der Waals surface area contributed by atoms with Crippen LogP contribution in [0.2, 0.25) is 0 Å². The first kappa shape index (κ1) is 13.9. The fraction of sp³-hybridized carbons (Fsp3) is 0.143. The number of nitrogens with one attached hydrogen (secondary N) is 2. The normalized spacial score (nSPS) is 10.2. The molecule has 2 aromatic rings. The van der Waals surface area contributed by atoms with Crippen molar-refractivity contribution in [2.45, 2.75) is 6.54 Å². The largest absolute Gasteiger partial charge is 0.381 e. The zero-order valence-electron chi connectivity index (χ0n) is 10.8. The van der Waals surface area contributed by atoms with Crippen molar-refractivity contribution in [3.8, 4) is 0 Å². The molecule has 1 amide bonds. The van der Waals surface area contributed by atoms with Gasteiger partial charge in [0, 0.05) is 25.5 Å². The van der Waals surface area contributed by atoms with E-state index in [4.69, 9.17) is 0 Å². The van der Waals surface area contributed by atoms with Crippen molar-refractivity contribution < 1.29 is 13.6 Å². The smallest absolute Gasteiger partial charge is 0.269 e. The number of hydrogen-bond donors (Lipinski definition) is 2. The quantitative estimate of drug-likeness (QED) is 0.902. The molecule has 1 heterocycles. The SMILES string of the molecule is CNC(=O)c1cc(NCc2ccc(F)c(F)c2)ccn1. The molecule has 6 heteroatoms. The Labute approximate surface area is 114 Å². The molecule has 0 atom stereocenters. The van der Waals surface area contributed by atoms with Crippen molar-refractivity contribution in [3.05, 3.63) is 59.4 Å². The molecule has 0 radical (unpaired) electrons. The summed E-state index contributed by atoms with van der Waals surface area (Å²) in [5.41, 5.74) is 1.55. The van der Waals surface area contributed by atoms with Crippen molar-refractivity contribution in [1.82, 2.24) is 10.3 Å². The minimum Gasteiger partial charge on any atom is -0.381 e. The number of benzene rings is 1. The highest BCUT2D eigenvalue weighted by molar-refractivity contribution is 5.92. The Bertz CT molecular complexity index is 632. The number of aromatic nitrogens is 1.